The molecule has 0 saturated carbocycles. The SMILES string of the molecule is CC1(C)NC(=O)N(CCCC(CC(=O)c2ccc3c4c(oc3c2)CCC4)C(=O)O)C1=O. The molecule has 2 N–H and O–H groups in total. The molecule has 8 nitrogen and oxygen atoms in total. The van der Waals surface area contributed by atoms with Crippen LogP contribution in [0.5, 0.6) is 0 Å². The van der Waals surface area contributed by atoms with Gasteiger partial charge in [-0.1, -0.05) is 12.1 Å². The summed E-state index contributed by atoms with van der Waals surface area (Å²) in [7, 11) is 0. The van der Waals surface area contributed by atoms with E-state index < -0.39 is 23.5 Å². The largest absolute Gasteiger partial charge is 0.481 e. The molecule has 1 saturated heterocycles. The number of nitrogens with one attached hydrogen (secondary N) is 1. The zero-order chi connectivity index (χ0) is 22.3. The number of hydrogen-bond donors (Lipinski definition) is 2. The van der Waals surface area contributed by atoms with E-state index in [1.165, 1.54) is 5.56 Å². The van der Waals surface area contributed by atoms with Crippen LogP contribution in [0.15, 0.2) is 22.6 Å². The lowest BCUT2D eigenvalue weighted by molar-refractivity contribution is -0.141. The Balaban J connectivity index is 1.38. The van der Waals surface area contributed by atoms with Gasteiger partial charge in [0.2, 0.25) is 0 Å². The van der Waals surface area contributed by atoms with E-state index in [0.29, 0.717) is 17.6 Å². The van der Waals surface area contributed by atoms with Crippen LogP contribution in [0.2, 0.25) is 0 Å². The fourth-order valence-corrected chi connectivity index (χ4v) is 4.45. The van der Waals surface area contributed by atoms with Crippen molar-refractivity contribution in [2.24, 2.45) is 5.92 Å². The zero-order valence-corrected chi connectivity index (χ0v) is 17.7. The maximum atomic E-state index is 12.8. The summed E-state index contributed by atoms with van der Waals surface area (Å²) in [5, 5.41) is 13.2. The number of benzene rings is 1. The van der Waals surface area contributed by atoms with Gasteiger partial charge in [0.25, 0.3) is 5.91 Å². The van der Waals surface area contributed by atoms with Crippen LogP contribution in [0.4, 0.5) is 4.79 Å². The number of aliphatic carboxylic acids is 1. The molecule has 1 aliphatic carbocycles. The molecule has 2 aromatic rings. The number of fused-ring (bicyclic) bond motifs is 3. The van der Waals surface area contributed by atoms with Crippen LogP contribution in [0.25, 0.3) is 11.0 Å². The molecule has 2 heterocycles. The van der Waals surface area contributed by atoms with Crippen LogP contribution in [0, 0.1) is 5.92 Å². The molecule has 1 fully saturated rings. The standard InChI is InChI=1S/C23H26N2O6/c1-23(2)21(29)25(22(30)24-23)10-4-5-14(20(27)28)11-17(26)13-8-9-16-15-6-3-7-18(15)31-19(16)12-13/h8-9,12,14H,3-7,10-11H2,1-2H3,(H,24,30)(H,27,28). The van der Waals surface area contributed by atoms with Gasteiger partial charge in [-0.2, -0.15) is 0 Å². The van der Waals surface area contributed by atoms with E-state index in [2.05, 4.69) is 5.32 Å². The normalized spacial score (nSPS) is 18.3. The van der Waals surface area contributed by atoms with E-state index in [9.17, 15) is 24.3 Å². The van der Waals surface area contributed by atoms with Gasteiger partial charge in [0, 0.05) is 35.9 Å². The molecule has 164 valence electrons. The third kappa shape index (κ3) is 3.94. The second-order valence-electron chi connectivity index (χ2n) is 8.88. The van der Waals surface area contributed by atoms with Gasteiger partial charge in [-0.05, 0) is 45.6 Å². The lowest BCUT2D eigenvalue weighted by atomic mass is 9.93. The van der Waals surface area contributed by atoms with Crippen LogP contribution in [-0.4, -0.2) is 45.8 Å². The van der Waals surface area contributed by atoms with E-state index in [-0.39, 0.29) is 31.1 Å². The first-order chi connectivity index (χ1) is 14.7. The molecule has 4 rings (SSSR count). The minimum atomic E-state index is -1.07. The second-order valence-corrected chi connectivity index (χ2v) is 8.88. The highest BCUT2D eigenvalue weighted by Gasteiger charge is 2.43. The summed E-state index contributed by atoms with van der Waals surface area (Å²) in [6, 6.07) is 4.83. The fourth-order valence-electron chi connectivity index (χ4n) is 4.45. The maximum Gasteiger partial charge on any atom is 0.325 e. The molecule has 0 radical (unpaired) electrons. The van der Waals surface area contributed by atoms with Crippen LogP contribution < -0.4 is 5.32 Å². The summed E-state index contributed by atoms with van der Waals surface area (Å²) in [5.74, 6) is -1.57. The molecule has 0 spiro atoms. The smallest absolute Gasteiger partial charge is 0.325 e. The van der Waals surface area contributed by atoms with E-state index in [1.54, 1.807) is 26.0 Å². The van der Waals surface area contributed by atoms with Gasteiger partial charge < -0.3 is 14.8 Å². The number of Topliss-reactive ketones (excluding diaryl/α,β-unsaturated/α-hetero) is 1. The van der Waals surface area contributed by atoms with Crippen LogP contribution in [-0.2, 0) is 22.4 Å². The van der Waals surface area contributed by atoms with Gasteiger partial charge in [0.15, 0.2) is 5.78 Å². The highest BCUT2D eigenvalue weighted by Crippen LogP contribution is 2.33. The lowest BCUT2D eigenvalue weighted by Gasteiger charge is -2.17. The Labute approximate surface area is 179 Å². The predicted octanol–water partition coefficient (Wildman–Crippen LogP) is 3.31. The minimum Gasteiger partial charge on any atom is -0.481 e. The Kier molecular flexibility index (Phi) is 5.33. The molecule has 2 aliphatic rings. The molecular formula is C23H26N2O6. The number of rotatable bonds is 8. The molecule has 1 aliphatic heterocycles. The summed E-state index contributed by atoms with van der Waals surface area (Å²) in [4.78, 5) is 49.7. The van der Waals surface area contributed by atoms with Gasteiger partial charge in [-0.25, -0.2) is 4.79 Å². The Morgan fingerprint density at radius 2 is 2.03 bits per heavy atom. The highest BCUT2D eigenvalue weighted by molar-refractivity contribution is 6.06. The number of furan rings is 1. The van der Waals surface area contributed by atoms with E-state index in [0.717, 1.165) is 35.3 Å². The monoisotopic (exact) mass is 426 g/mol. The second kappa shape index (κ2) is 7.83. The van der Waals surface area contributed by atoms with Crippen LogP contribution in [0.1, 0.15) is 61.2 Å². The first-order valence-electron chi connectivity index (χ1n) is 10.6. The van der Waals surface area contributed by atoms with Gasteiger partial charge in [-0.15, -0.1) is 0 Å². The number of ketones is 1. The molecule has 1 atom stereocenters. The number of amides is 3. The van der Waals surface area contributed by atoms with Gasteiger partial charge >= 0.3 is 12.0 Å². The maximum absolute atomic E-state index is 12.8. The molecule has 8 heteroatoms. The average molecular weight is 426 g/mol. The Hall–Kier alpha value is -3.16. The van der Waals surface area contributed by atoms with E-state index in [1.807, 2.05) is 6.07 Å². The number of carboxylic acid groups (broad SMARTS) is 1. The number of carbonyl (C=O) groups excluding carboxylic acids is 3. The first kappa shape index (κ1) is 21.1. The summed E-state index contributed by atoms with van der Waals surface area (Å²) < 4.78 is 5.87. The van der Waals surface area contributed by atoms with Crippen molar-refractivity contribution in [1.29, 1.82) is 0 Å². The Morgan fingerprint density at radius 3 is 2.71 bits per heavy atom. The summed E-state index contributed by atoms with van der Waals surface area (Å²) in [5.41, 5.74) is 1.36. The molecular weight excluding hydrogens is 400 g/mol. The van der Waals surface area contributed by atoms with Crippen molar-refractivity contribution >= 4 is 34.7 Å². The number of aryl methyl sites for hydroxylation is 2. The van der Waals surface area contributed by atoms with Crippen molar-refractivity contribution < 1.29 is 28.7 Å². The third-order valence-corrected chi connectivity index (χ3v) is 6.19. The molecule has 31 heavy (non-hydrogen) atoms. The number of hydrogen-bond acceptors (Lipinski definition) is 5. The molecule has 1 unspecified atom stereocenters. The van der Waals surface area contributed by atoms with Crippen molar-refractivity contribution in [3.8, 4) is 0 Å². The summed E-state index contributed by atoms with van der Waals surface area (Å²) in [6.07, 6.45) is 3.31. The number of imide groups is 1. The molecule has 3 amide bonds. The van der Waals surface area contributed by atoms with E-state index >= 15 is 0 Å². The number of carboxylic acids is 1. The van der Waals surface area contributed by atoms with Crippen molar-refractivity contribution in [3.05, 3.63) is 35.1 Å². The van der Waals surface area contributed by atoms with Crippen molar-refractivity contribution in [2.45, 2.75) is 57.9 Å². The van der Waals surface area contributed by atoms with Crippen molar-refractivity contribution in [3.63, 3.8) is 0 Å². The van der Waals surface area contributed by atoms with Gasteiger partial charge in [-0.3, -0.25) is 19.3 Å². The molecule has 0 bridgehead atoms. The fraction of sp³-hybridized carbons (Fsp3) is 0.478. The highest BCUT2D eigenvalue weighted by atomic mass is 16.4. The van der Waals surface area contributed by atoms with Gasteiger partial charge in [0.05, 0.1) is 5.92 Å². The van der Waals surface area contributed by atoms with Crippen LogP contribution >= 0.6 is 0 Å². The zero-order valence-electron chi connectivity index (χ0n) is 17.7. The molecule has 1 aromatic heterocycles. The molecule has 1 aromatic carbocycles. The number of nitrogens with zero attached hydrogens (tertiary/aromatic N) is 1. The number of urea groups is 1. The lowest BCUT2D eigenvalue weighted by Crippen LogP contribution is -2.40. The first-order valence-corrected chi connectivity index (χ1v) is 10.6. The van der Waals surface area contributed by atoms with Gasteiger partial charge in [0.1, 0.15) is 16.9 Å². The van der Waals surface area contributed by atoms with E-state index in [4.69, 9.17) is 4.42 Å². The Morgan fingerprint density at radius 1 is 1.26 bits per heavy atom. The Bertz CT molecular complexity index is 1080. The predicted molar refractivity (Wildman–Crippen MR) is 112 cm³/mol. The van der Waals surface area contributed by atoms with Crippen molar-refractivity contribution in [2.75, 3.05) is 6.54 Å². The van der Waals surface area contributed by atoms with Crippen LogP contribution in [0.3, 0.4) is 0 Å². The summed E-state index contributed by atoms with van der Waals surface area (Å²) >= 11 is 0. The third-order valence-electron chi connectivity index (χ3n) is 6.19. The minimum absolute atomic E-state index is 0.121. The average Bonchev–Trinajstić information content (AvgIpc) is 3.34. The summed E-state index contributed by atoms with van der Waals surface area (Å²) in [6.45, 7) is 3.36. The quantitative estimate of drug-likeness (QED) is 0.494. The number of carbonyl (C=O) groups is 4. The van der Waals surface area contributed by atoms with Crippen molar-refractivity contribution in [1.82, 2.24) is 10.2 Å². The topological polar surface area (TPSA) is 117 Å².